The Kier molecular flexibility index (Phi) is 7.37. The number of carboxylic acid groups (broad SMARTS) is 1. The fourth-order valence-corrected chi connectivity index (χ4v) is 4.70. The highest BCUT2D eigenvalue weighted by Gasteiger charge is 2.34. The Morgan fingerprint density at radius 1 is 1.00 bits per heavy atom. The van der Waals surface area contributed by atoms with Gasteiger partial charge in [0.15, 0.2) is 0 Å². The SMILES string of the molecule is COc1ccc(-c2nn(-c3ccccc3)cc2C2=NN(C(=O)CCC(=O)O)[C@H](c3ccc(Br)cc3)C2)cc1. The smallest absolute Gasteiger partial charge is 0.303 e. The number of aliphatic carboxylic acids is 1. The summed E-state index contributed by atoms with van der Waals surface area (Å²) in [6, 6.07) is 24.8. The number of methoxy groups -OCH3 is 1. The highest BCUT2D eigenvalue weighted by Crippen LogP contribution is 2.37. The number of carboxylic acids is 1. The number of halogens is 1. The fourth-order valence-electron chi connectivity index (χ4n) is 4.44. The number of nitrogens with zero attached hydrogens (tertiary/aromatic N) is 4. The van der Waals surface area contributed by atoms with Crippen LogP contribution in [0, 0.1) is 0 Å². The number of hydrazone groups is 1. The van der Waals surface area contributed by atoms with E-state index in [1.165, 1.54) is 5.01 Å². The van der Waals surface area contributed by atoms with Gasteiger partial charge in [0.05, 0.1) is 31.0 Å². The van der Waals surface area contributed by atoms with Crippen molar-refractivity contribution < 1.29 is 19.4 Å². The lowest BCUT2D eigenvalue weighted by molar-refractivity contribution is -0.141. The van der Waals surface area contributed by atoms with Crippen LogP contribution in [0.25, 0.3) is 16.9 Å². The van der Waals surface area contributed by atoms with Crippen molar-refractivity contribution >= 4 is 33.5 Å². The molecule has 3 aromatic carbocycles. The van der Waals surface area contributed by atoms with Gasteiger partial charge in [0, 0.05) is 34.6 Å². The molecule has 0 unspecified atom stereocenters. The van der Waals surface area contributed by atoms with E-state index in [9.17, 15) is 9.59 Å². The van der Waals surface area contributed by atoms with Gasteiger partial charge in [0.1, 0.15) is 11.4 Å². The summed E-state index contributed by atoms with van der Waals surface area (Å²) in [5.41, 5.74) is 4.92. The van der Waals surface area contributed by atoms with Crippen molar-refractivity contribution in [1.82, 2.24) is 14.8 Å². The van der Waals surface area contributed by atoms with Crippen molar-refractivity contribution in [3.63, 3.8) is 0 Å². The van der Waals surface area contributed by atoms with E-state index >= 15 is 0 Å². The Morgan fingerprint density at radius 2 is 1.71 bits per heavy atom. The Labute approximate surface area is 228 Å². The number of ether oxygens (including phenoxy) is 1. The van der Waals surface area contributed by atoms with Crippen molar-refractivity contribution in [1.29, 1.82) is 0 Å². The summed E-state index contributed by atoms with van der Waals surface area (Å²) in [6.07, 6.45) is 2.01. The van der Waals surface area contributed by atoms with Gasteiger partial charge in [-0.2, -0.15) is 10.2 Å². The van der Waals surface area contributed by atoms with Crippen LogP contribution in [0.3, 0.4) is 0 Å². The molecule has 0 saturated carbocycles. The minimum absolute atomic E-state index is 0.131. The lowest BCUT2D eigenvalue weighted by Gasteiger charge is -2.22. The number of carbonyl (C=O) groups is 2. The van der Waals surface area contributed by atoms with E-state index in [1.54, 1.807) is 11.8 Å². The minimum atomic E-state index is -1.02. The molecule has 0 aliphatic carbocycles. The van der Waals surface area contributed by atoms with E-state index in [-0.39, 0.29) is 24.8 Å². The molecular formula is C29H25BrN4O4. The van der Waals surface area contributed by atoms with E-state index in [4.69, 9.17) is 20.0 Å². The highest BCUT2D eigenvalue weighted by atomic mass is 79.9. The van der Waals surface area contributed by atoms with Crippen LogP contribution in [0.2, 0.25) is 0 Å². The number of carbonyl (C=O) groups excluding carboxylic acids is 1. The van der Waals surface area contributed by atoms with Crippen LogP contribution in [0.5, 0.6) is 5.75 Å². The molecule has 1 aliphatic rings. The average Bonchev–Trinajstić information content (AvgIpc) is 3.58. The molecule has 8 nitrogen and oxygen atoms in total. The molecule has 0 radical (unpaired) electrons. The van der Waals surface area contributed by atoms with Gasteiger partial charge in [0.25, 0.3) is 0 Å². The molecule has 1 atom stereocenters. The van der Waals surface area contributed by atoms with Crippen molar-refractivity contribution in [2.45, 2.75) is 25.3 Å². The molecule has 5 rings (SSSR count). The Balaban J connectivity index is 1.58. The first-order valence-corrected chi connectivity index (χ1v) is 12.9. The van der Waals surface area contributed by atoms with Gasteiger partial charge >= 0.3 is 5.97 Å². The van der Waals surface area contributed by atoms with Crippen LogP contribution in [0.1, 0.15) is 36.4 Å². The van der Waals surface area contributed by atoms with Crippen molar-refractivity contribution in [2.75, 3.05) is 7.11 Å². The highest BCUT2D eigenvalue weighted by molar-refractivity contribution is 9.10. The van der Waals surface area contributed by atoms with Crippen LogP contribution in [0.15, 0.2) is 94.6 Å². The third-order valence-corrected chi connectivity index (χ3v) is 6.91. The summed E-state index contributed by atoms with van der Waals surface area (Å²) in [4.78, 5) is 24.3. The summed E-state index contributed by atoms with van der Waals surface area (Å²) in [5, 5.41) is 20.2. The van der Waals surface area contributed by atoms with Crippen LogP contribution in [-0.2, 0) is 9.59 Å². The van der Waals surface area contributed by atoms with Crippen LogP contribution >= 0.6 is 15.9 Å². The third-order valence-electron chi connectivity index (χ3n) is 6.38. The minimum Gasteiger partial charge on any atom is -0.497 e. The first-order valence-electron chi connectivity index (χ1n) is 12.1. The quantitative estimate of drug-likeness (QED) is 0.285. The van der Waals surface area contributed by atoms with Gasteiger partial charge in [0.2, 0.25) is 5.91 Å². The van der Waals surface area contributed by atoms with E-state index in [0.29, 0.717) is 12.1 Å². The predicted molar refractivity (Wildman–Crippen MR) is 147 cm³/mol. The van der Waals surface area contributed by atoms with E-state index in [2.05, 4.69) is 15.9 Å². The molecule has 1 aromatic heterocycles. The summed E-state index contributed by atoms with van der Waals surface area (Å²) in [6.45, 7) is 0. The standard InChI is InChI=1S/C29H25BrN4O4/c1-38-23-13-9-20(10-14-23)29-24(18-33(32-29)22-5-3-2-4-6-22)25-17-26(19-7-11-21(30)12-8-19)34(31-25)27(35)15-16-28(36)37/h2-14,18,26H,15-17H2,1H3,(H,36,37)/t26-/m0/s1. The number of hydrogen-bond donors (Lipinski definition) is 1. The zero-order valence-corrected chi connectivity index (χ0v) is 22.2. The van der Waals surface area contributed by atoms with Gasteiger partial charge in [-0.3, -0.25) is 9.59 Å². The second-order valence-electron chi connectivity index (χ2n) is 8.85. The van der Waals surface area contributed by atoms with Crippen molar-refractivity contribution in [3.8, 4) is 22.7 Å². The second kappa shape index (κ2) is 11.0. The number of rotatable bonds is 8. The third kappa shape index (κ3) is 5.38. The van der Waals surface area contributed by atoms with Crippen LogP contribution < -0.4 is 4.74 Å². The molecule has 0 spiro atoms. The lowest BCUT2D eigenvalue weighted by Crippen LogP contribution is -2.27. The number of benzene rings is 3. The Bertz CT molecular complexity index is 1480. The summed E-state index contributed by atoms with van der Waals surface area (Å²) in [5.74, 6) is -0.619. The summed E-state index contributed by atoms with van der Waals surface area (Å²) >= 11 is 3.46. The van der Waals surface area contributed by atoms with Crippen LogP contribution in [-0.4, -0.2) is 44.6 Å². The van der Waals surface area contributed by atoms with E-state index < -0.39 is 5.97 Å². The van der Waals surface area contributed by atoms with Crippen LogP contribution in [0.4, 0.5) is 0 Å². The Morgan fingerprint density at radius 3 is 2.37 bits per heavy atom. The first kappa shape index (κ1) is 25.4. The molecule has 9 heteroatoms. The molecule has 0 bridgehead atoms. The maximum absolute atomic E-state index is 13.1. The topological polar surface area (TPSA) is 97.0 Å². The number of amides is 1. The summed E-state index contributed by atoms with van der Waals surface area (Å²) < 4.78 is 8.06. The maximum atomic E-state index is 13.1. The molecule has 0 saturated heterocycles. The molecule has 1 N–H and O–H groups in total. The van der Waals surface area contributed by atoms with Gasteiger partial charge in [-0.15, -0.1) is 0 Å². The Hall–Kier alpha value is -4.24. The zero-order chi connectivity index (χ0) is 26.6. The molecule has 1 aliphatic heterocycles. The molecule has 192 valence electrons. The van der Waals surface area contributed by atoms with E-state index in [0.717, 1.165) is 38.3 Å². The number of aromatic nitrogens is 2. The molecular weight excluding hydrogens is 548 g/mol. The van der Waals surface area contributed by atoms with Crippen molar-refractivity contribution in [3.05, 3.63) is 101 Å². The fraction of sp³-hybridized carbons (Fsp3) is 0.172. The van der Waals surface area contributed by atoms with E-state index in [1.807, 2.05) is 85.1 Å². The van der Waals surface area contributed by atoms with Crippen molar-refractivity contribution in [2.24, 2.45) is 5.10 Å². The molecule has 1 amide bonds. The monoisotopic (exact) mass is 572 g/mol. The van der Waals surface area contributed by atoms with Gasteiger partial charge in [-0.1, -0.05) is 46.3 Å². The largest absolute Gasteiger partial charge is 0.497 e. The first-order chi connectivity index (χ1) is 18.4. The number of hydrogen-bond acceptors (Lipinski definition) is 5. The van der Waals surface area contributed by atoms with Gasteiger partial charge in [-0.25, -0.2) is 9.69 Å². The lowest BCUT2D eigenvalue weighted by atomic mass is 9.97. The predicted octanol–water partition coefficient (Wildman–Crippen LogP) is 5.85. The molecule has 2 heterocycles. The van der Waals surface area contributed by atoms with Gasteiger partial charge in [-0.05, 0) is 54.1 Å². The number of para-hydroxylation sites is 1. The second-order valence-corrected chi connectivity index (χ2v) is 9.77. The normalized spacial score (nSPS) is 14.8. The van der Waals surface area contributed by atoms with Gasteiger partial charge < -0.3 is 9.84 Å². The molecule has 0 fully saturated rings. The maximum Gasteiger partial charge on any atom is 0.303 e. The molecule has 4 aromatic rings. The molecule has 38 heavy (non-hydrogen) atoms. The summed E-state index contributed by atoms with van der Waals surface area (Å²) in [7, 11) is 1.62. The average molecular weight is 573 g/mol. The zero-order valence-electron chi connectivity index (χ0n) is 20.6.